The molecule has 47 heavy (non-hydrogen) atoms. The highest BCUT2D eigenvalue weighted by molar-refractivity contribution is 7.86. The van der Waals surface area contributed by atoms with E-state index in [9.17, 15) is 0 Å². The molecule has 0 fully saturated rings. The molecule has 0 aromatic heterocycles. The highest BCUT2D eigenvalue weighted by Crippen LogP contribution is 2.63. The molecule has 0 bridgehead atoms. The molecule has 7 aromatic rings. The molecule has 4 heteroatoms. The van der Waals surface area contributed by atoms with Crippen LogP contribution in [0.15, 0.2) is 158 Å². The summed E-state index contributed by atoms with van der Waals surface area (Å²) in [5.74, 6) is 2.42. The van der Waals surface area contributed by atoms with Gasteiger partial charge in [0.15, 0.2) is 18.6 Å². The zero-order valence-corrected chi connectivity index (χ0v) is 26.6. The van der Waals surface area contributed by atoms with Crippen LogP contribution in [-0.2, 0) is 4.57 Å². The zero-order chi connectivity index (χ0) is 31.5. The Kier molecular flexibility index (Phi) is 6.31. The van der Waals surface area contributed by atoms with Crippen molar-refractivity contribution in [1.82, 2.24) is 0 Å². The molecule has 0 amide bonds. The quantitative estimate of drug-likeness (QED) is 0.183. The third kappa shape index (κ3) is 4.17. The van der Waals surface area contributed by atoms with Gasteiger partial charge in [0.05, 0.1) is 10.6 Å². The zero-order valence-electron chi connectivity index (χ0n) is 25.7. The van der Waals surface area contributed by atoms with Gasteiger partial charge in [-0.05, 0) is 52.9 Å². The fraction of sp³-hybridized carbons (Fsp3) is 0.0233. The molecule has 2 heterocycles. The molecule has 0 saturated carbocycles. The highest BCUT2D eigenvalue weighted by atomic mass is 31.2. The lowest BCUT2D eigenvalue weighted by Gasteiger charge is -2.38. The van der Waals surface area contributed by atoms with E-state index in [1.807, 2.05) is 91.0 Å². The Morgan fingerprint density at radius 1 is 0.404 bits per heavy atom. The lowest BCUT2D eigenvalue weighted by molar-refractivity contribution is 0.465. The van der Waals surface area contributed by atoms with Crippen molar-refractivity contribution in [1.29, 1.82) is 0 Å². The summed E-state index contributed by atoms with van der Waals surface area (Å²) in [6, 6.07) is 53.1. The van der Waals surface area contributed by atoms with Crippen LogP contribution in [0, 0.1) is 6.92 Å². The van der Waals surface area contributed by atoms with Crippen LogP contribution in [0.25, 0.3) is 44.5 Å². The topological polar surface area (TPSA) is 35.5 Å². The first-order valence-electron chi connectivity index (χ1n) is 15.8. The van der Waals surface area contributed by atoms with Crippen LogP contribution in [-0.4, -0.2) is 0 Å². The van der Waals surface area contributed by atoms with Crippen LogP contribution in [0.4, 0.5) is 0 Å². The number of para-hydroxylation sites is 2. The molecule has 3 nitrogen and oxygen atoms in total. The van der Waals surface area contributed by atoms with Crippen molar-refractivity contribution < 1.29 is 14.0 Å². The normalized spacial score (nSPS) is 15.4. The van der Waals surface area contributed by atoms with Crippen molar-refractivity contribution in [2.45, 2.75) is 6.92 Å². The Hall–Kier alpha value is -5.63. The van der Waals surface area contributed by atoms with E-state index in [0.29, 0.717) is 38.9 Å². The van der Waals surface area contributed by atoms with E-state index in [1.54, 1.807) is 0 Å². The smallest absolute Gasteiger partial charge is 0.185 e. The lowest BCUT2D eigenvalue weighted by atomic mass is 9.94. The van der Waals surface area contributed by atoms with Gasteiger partial charge in [-0.2, -0.15) is 0 Å². The van der Waals surface area contributed by atoms with E-state index >= 15 is 4.57 Å². The van der Waals surface area contributed by atoms with Gasteiger partial charge in [0.1, 0.15) is 16.8 Å². The minimum atomic E-state index is -3.57. The maximum Gasteiger partial charge on any atom is 0.185 e. The first-order chi connectivity index (χ1) is 23.1. The second-order valence-corrected chi connectivity index (χ2v) is 14.6. The van der Waals surface area contributed by atoms with Gasteiger partial charge in [-0.15, -0.1) is 0 Å². The number of ether oxygens (including phenoxy) is 2. The van der Waals surface area contributed by atoms with Crippen LogP contribution in [0.5, 0.6) is 23.0 Å². The second kappa shape index (κ2) is 10.7. The summed E-state index contributed by atoms with van der Waals surface area (Å²) < 4.78 is 30.7. The van der Waals surface area contributed by atoms with Crippen molar-refractivity contribution in [3.05, 3.63) is 163 Å². The van der Waals surface area contributed by atoms with Gasteiger partial charge in [0.2, 0.25) is 0 Å². The third-order valence-electron chi connectivity index (χ3n) is 9.29. The van der Waals surface area contributed by atoms with Crippen molar-refractivity contribution in [3.63, 3.8) is 0 Å². The summed E-state index contributed by atoms with van der Waals surface area (Å²) in [4.78, 5) is 0. The average Bonchev–Trinajstić information content (AvgIpc) is 3.13. The Bertz CT molecular complexity index is 2370. The van der Waals surface area contributed by atoms with Crippen LogP contribution in [0.3, 0.4) is 0 Å². The number of fused-ring (bicyclic) bond motifs is 4. The van der Waals surface area contributed by atoms with Crippen molar-refractivity contribution in [2.75, 3.05) is 0 Å². The van der Waals surface area contributed by atoms with Gasteiger partial charge in [-0.3, -0.25) is 0 Å². The molecule has 1 atom stereocenters. The Morgan fingerprint density at radius 3 is 1.34 bits per heavy atom. The van der Waals surface area contributed by atoms with Crippen LogP contribution < -0.4 is 25.4 Å². The predicted octanol–water partition coefficient (Wildman–Crippen LogP) is 10.5. The van der Waals surface area contributed by atoms with E-state index in [0.717, 1.165) is 50.1 Å². The molecule has 7 aromatic carbocycles. The number of hydrogen-bond donors (Lipinski definition) is 0. The van der Waals surface area contributed by atoms with E-state index in [4.69, 9.17) is 9.47 Å². The summed E-state index contributed by atoms with van der Waals surface area (Å²) >= 11 is 0. The fourth-order valence-corrected chi connectivity index (χ4v) is 10.2. The van der Waals surface area contributed by atoms with Gasteiger partial charge in [-0.25, -0.2) is 0 Å². The maximum atomic E-state index is 16.6. The average molecular weight is 625 g/mol. The minimum Gasteiger partial charge on any atom is -0.454 e. The number of benzene rings is 7. The minimum absolute atomic E-state index is 0.582. The van der Waals surface area contributed by atoms with Crippen molar-refractivity contribution in [3.8, 4) is 67.5 Å². The van der Waals surface area contributed by atoms with E-state index in [-0.39, 0.29) is 0 Å². The molecule has 2 aliphatic rings. The molecule has 0 aliphatic carbocycles. The molecule has 0 radical (unpaired) electrons. The van der Waals surface area contributed by atoms with Crippen molar-refractivity contribution in [2.24, 2.45) is 0 Å². The van der Waals surface area contributed by atoms with Gasteiger partial charge >= 0.3 is 0 Å². The molecule has 2 aliphatic heterocycles. The van der Waals surface area contributed by atoms with Gasteiger partial charge in [0, 0.05) is 22.3 Å². The monoisotopic (exact) mass is 624 g/mol. The molecular formula is C43H29O3P. The standard InChI is InChI=1S/C43H29O3P/c1-28-15-11-12-22-32(28)36-27-35(31-20-9-4-10-21-31)41-43-42(36)46-40-34(30-18-7-3-8-19-30)24-14-26-38(40)47(43,44)37-25-13-23-33(39(37)45-41)29-16-5-2-6-17-29/h2-27H,1H3. The molecule has 0 saturated heterocycles. The van der Waals surface area contributed by atoms with E-state index < -0.39 is 7.14 Å². The summed E-state index contributed by atoms with van der Waals surface area (Å²) in [7, 11) is -3.57. The predicted molar refractivity (Wildman–Crippen MR) is 192 cm³/mol. The van der Waals surface area contributed by atoms with E-state index in [2.05, 4.69) is 73.7 Å². The van der Waals surface area contributed by atoms with Crippen LogP contribution in [0.1, 0.15) is 5.56 Å². The van der Waals surface area contributed by atoms with Gasteiger partial charge in [0.25, 0.3) is 0 Å². The molecule has 1 unspecified atom stereocenters. The summed E-state index contributed by atoms with van der Waals surface area (Å²) in [5.41, 5.74) is 8.69. The molecular weight excluding hydrogens is 595 g/mol. The van der Waals surface area contributed by atoms with Crippen LogP contribution in [0.2, 0.25) is 0 Å². The highest BCUT2D eigenvalue weighted by Gasteiger charge is 2.49. The molecule has 9 rings (SSSR count). The first-order valence-corrected chi connectivity index (χ1v) is 17.5. The Labute approximate surface area is 274 Å². The third-order valence-corrected chi connectivity index (χ3v) is 12.4. The van der Waals surface area contributed by atoms with E-state index in [1.165, 1.54) is 0 Å². The summed E-state index contributed by atoms with van der Waals surface area (Å²) in [6.45, 7) is 2.10. The fourth-order valence-electron chi connectivity index (χ4n) is 7.06. The second-order valence-electron chi connectivity index (χ2n) is 12.0. The first kappa shape index (κ1) is 27.7. The number of hydrogen-bond acceptors (Lipinski definition) is 3. The van der Waals surface area contributed by atoms with Gasteiger partial charge < -0.3 is 14.0 Å². The van der Waals surface area contributed by atoms with Crippen LogP contribution >= 0.6 is 7.14 Å². The maximum absolute atomic E-state index is 16.6. The summed E-state index contributed by atoms with van der Waals surface area (Å²) in [6.07, 6.45) is 0. The van der Waals surface area contributed by atoms with Crippen molar-refractivity contribution >= 4 is 23.1 Å². The largest absolute Gasteiger partial charge is 0.454 e. The summed E-state index contributed by atoms with van der Waals surface area (Å²) in [5, 5.41) is 1.99. The Morgan fingerprint density at radius 2 is 0.830 bits per heavy atom. The lowest BCUT2D eigenvalue weighted by Crippen LogP contribution is -2.36. The number of aryl methyl sites for hydroxylation is 1. The SMILES string of the molecule is Cc1ccccc1-c1cc(-c2ccccc2)c2c3c1Oc1c(-c4ccccc4)cccc1P3(=O)c1cccc(-c3ccccc3)c1O2. The molecule has 0 spiro atoms. The van der Waals surface area contributed by atoms with Gasteiger partial charge in [-0.1, -0.05) is 140 Å². The Balaban J connectivity index is 1.45. The molecule has 0 N–H and O–H groups in total. The molecule has 224 valence electrons. The number of rotatable bonds is 4.